The van der Waals surface area contributed by atoms with E-state index in [4.69, 9.17) is 5.73 Å². The third-order valence-corrected chi connectivity index (χ3v) is 10.6. The molecule has 0 spiro atoms. The van der Waals surface area contributed by atoms with Crippen LogP contribution < -0.4 is 5.73 Å². The zero-order chi connectivity index (χ0) is 34.4. The van der Waals surface area contributed by atoms with Gasteiger partial charge in [-0.15, -0.1) is 6.58 Å². The summed E-state index contributed by atoms with van der Waals surface area (Å²) in [6.45, 7) is 37.8. The molecule has 1 nitrogen and oxygen atoms in total. The zero-order valence-corrected chi connectivity index (χ0v) is 31.4. The maximum absolute atomic E-state index is 5.84. The van der Waals surface area contributed by atoms with Gasteiger partial charge in [-0.25, -0.2) is 0 Å². The summed E-state index contributed by atoms with van der Waals surface area (Å²) in [5, 5.41) is 0. The van der Waals surface area contributed by atoms with Gasteiger partial charge in [0, 0.05) is 5.70 Å². The van der Waals surface area contributed by atoms with Crippen LogP contribution in [0, 0.1) is 31.6 Å². The first-order valence-electron chi connectivity index (χ1n) is 18.6. The SMILES string of the molecule is C=C(C)CCC(CC(=C)C(C)CCCCCCCC(=C)Cc1c(C/C=C(\C)CCC(=C)N)c(C)c(C)c2c1C(=C)CC2)CC(C)C. The lowest BCUT2D eigenvalue weighted by Crippen LogP contribution is -2.10. The molecule has 0 bridgehead atoms. The minimum absolute atomic E-state index is 0.627. The van der Waals surface area contributed by atoms with Gasteiger partial charge < -0.3 is 5.73 Å². The molecular formula is C45H71N. The third kappa shape index (κ3) is 13.3. The van der Waals surface area contributed by atoms with E-state index in [0.717, 1.165) is 68.9 Å². The van der Waals surface area contributed by atoms with E-state index in [-0.39, 0.29) is 0 Å². The summed E-state index contributed by atoms with van der Waals surface area (Å²) in [4.78, 5) is 0. The highest BCUT2D eigenvalue weighted by Gasteiger charge is 2.25. The number of nitrogens with two attached hydrogens (primary N) is 1. The van der Waals surface area contributed by atoms with E-state index in [1.165, 1.54) is 119 Å². The van der Waals surface area contributed by atoms with Crippen LogP contribution in [0.25, 0.3) is 5.57 Å². The molecule has 0 radical (unpaired) electrons. The fraction of sp³-hybridized carbons (Fsp3) is 0.600. The van der Waals surface area contributed by atoms with Crippen molar-refractivity contribution in [2.24, 2.45) is 23.5 Å². The second kappa shape index (κ2) is 20.0. The van der Waals surface area contributed by atoms with Gasteiger partial charge in [0.1, 0.15) is 0 Å². The highest BCUT2D eigenvalue weighted by Crippen LogP contribution is 2.41. The van der Waals surface area contributed by atoms with Crippen LogP contribution in [0.3, 0.4) is 0 Å². The van der Waals surface area contributed by atoms with E-state index in [9.17, 15) is 0 Å². The van der Waals surface area contributed by atoms with Gasteiger partial charge >= 0.3 is 0 Å². The van der Waals surface area contributed by atoms with Crippen molar-refractivity contribution in [2.75, 3.05) is 0 Å². The predicted octanol–water partition coefficient (Wildman–Crippen LogP) is 13.4. The smallest absolute Gasteiger partial charge is 0.00106 e. The van der Waals surface area contributed by atoms with Crippen molar-refractivity contribution in [1.29, 1.82) is 0 Å². The Labute approximate surface area is 286 Å². The van der Waals surface area contributed by atoms with Crippen molar-refractivity contribution in [3.8, 4) is 0 Å². The Morgan fingerprint density at radius 2 is 1.48 bits per heavy atom. The van der Waals surface area contributed by atoms with Gasteiger partial charge in [0.2, 0.25) is 0 Å². The topological polar surface area (TPSA) is 26.0 Å². The normalized spacial score (nSPS) is 14.4. The summed E-state index contributed by atoms with van der Waals surface area (Å²) in [6, 6.07) is 0. The lowest BCUT2D eigenvalue weighted by Gasteiger charge is -2.23. The van der Waals surface area contributed by atoms with Crippen LogP contribution >= 0.6 is 0 Å². The van der Waals surface area contributed by atoms with Crippen LogP contribution in [-0.4, -0.2) is 0 Å². The molecule has 2 atom stereocenters. The van der Waals surface area contributed by atoms with Gasteiger partial charge in [-0.3, -0.25) is 0 Å². The molecule has 1 aliphatic rings. The lowest BCUT2D eigenvalue weighted by atomic mass is 9.82. The van der Waals surface area contributed by atoms with Crippen molar-refractivity contribution < 1.29 is 0 Å². The number of unbranched alkanes of at least 4 members (excludes halogenated alkanes) is 4. The van der Waals surface area contributed by atoms with Crippen LogP contribution in [-0.2, 0) is 19.3 Å². The molecule has 0 fully saturated rings. The van der Waals surface area contributed by atoms with Crippen molar-refractivity contribution in [2.45, 2.75) is 158 Å². The molecule has 0 heterocycles. The number of hydrogen-bond acceptors (Lipinski definition) is 1. The summed E-state index contributed by atoms with van der Waals surface area (Å²) in [7, 11) is 0. The quantitative estimate of drug-likeness (QED) is 0.0950. The molecule has 1 aromatic rings. The second-order valence-corrected chi connectivity index (χ2v) is 15.6. The van der Waals surface area contributed by atoms with E-state index in [0.29, 0.717) is 5.92 Å². The molecule has 0 amide bonds. The molecular weight excluding hydrogens is 555 g/mol. The van der Waals surface area contributed by atoms with E-state index in [2.05, 4.69) is 87.4 Å². The maximum atomic E-state index is 5.84. The predicted molar refractivity (Wildman–Crippen MR) is 208 cm³/mol. The molecule has 46 heavy (non-hydrogen) atoms. The van der Waals surface area contributed by atoms with Crippen LogP contribution in [0.4, 0.5) is 0 Å². The molecule has 1 aromatic carbocycles. The van der Waals surface area contributed by atoms with Gasteiger partial charge in [0.15, 0.2) is 0 Å². The van der Waals surface area contributed by atoms with E-state index in [1.54, 1.807) is 0 Å². The summed E-state index contributed by atoms with van der Waals surface area (Å²) in [6.07, 6.45) is 22.2. The van der Waals surface area contributed by atoms with Gasteiger partial charge in [0.05, 0.1) is 0 Å². The zero-order valence-electron chi connectivity index (χ0n) is 31.4. The monoisotopic (exact) mass is 626 g/mol. The van der Waals surface area contributed by atoms with Crippen LogP contribution in [0.15, 0.2) is 67.0 Å². The molecule has 0 saturated heterocycles. The Bertz CT molecular complexity index is 1250. The summed E-state index contributed by atoms with van der Waals surface area (Å²) in [5.41, 5.74) is 22.4. The van der Waals surface area contributed by atoms with E-state index >= 15 is 0 Å². The minimum Gasteiger partial charge on any atom is -0.403 e. The Kier molecular flexibility index (Phi) is 17.2. The van der Waals surface area contributed by atoms with Crippen molar-refractivity contribution in [1.82, 2.24) is 0 Å². The molecule has 2 unspecified atom stereocenters. The van der Waals surface area contributed by atoms with E-state index in [1.807, 2.05) is 0 Å². The van der Waals surface area contributed by atoms with Gasteiger partial charge in [-0.2, -0.15) is 0 Å². The molecule has 0 aromatic heterocycles. The Morgan fingerprint density at radius 3 is 2.13 bits per heavy atom. The largest absolute Gasteiger partial charge is 0.403 e. The first-order chi connectivity index (χ1) is 21.7. The highest BCUT2D eigenvalue weighted by molar-refractivity contribution is 5.77. The first kappa shape index (κ1) is 39.6. The number of hydrogen-bond donors (Lipinski definition) is 1. The Hall–Kier alpha value is -2.54. The molecule has 1 heteroatoms. The molecule has 1 aliphatic carbocycles. The number of rotatable bonds is 23. The minimum atomic E-state index is 0.627. The Morgan fingerprint density at radius 1 is 0.804 bits per heavy atom. The lowest BCUT2D eigenvalue weighted by molar-refractivity contribution is 0.369. The molecule has 2 N–H and O–H groups in total. The van der Waals surface area contributed by atoms with Gasteiger partial charge in [-0.1, -0.05) is 101 Å². The standard InChI is InChI=1S/C45H71N/c1-31(2)20-25-41(28-32(3)4)30-37(9)35(7)19-17-15-13-14-16-18-34(6)29-44-42(26-22-33(5)21-24-38(10)46)39(11)40(12)43-27-23-36(8)45(43)44/h22,32,35,41H,1,6,8-10,13-21,23-30,46H2,2-5,7,11-12H3/b33-22+. The van der Waals surface area contributed by atoms with Crippen LogP contribution in [0.5, 0.6) is 0 Å². The van der Waals surface area contributed by atoms with Crippen LogP contribution in [0.1, 0.15) is 158 Å². The number of allylic oxidation sites excluding steroid dienone is 7. The fourth-order valence-corrected chi connectivity index (χ4v) is 7.44. The van der Waals surface area contributed by atoms with Gasteiger partial charge in [-0.05, 0) is 168 Å². The average Bonchev–Trinajstić information content (AvgIpc) is 3.37. The average molecular weight is 626 g/mol. The summed E-state index contributed by atoms with van der Waals surface area (Å²) in [5.74, 6) is 2.13. The van der Waals surface area contributed by atoms with Crippen LogP contribution in [0.2, 0.25) is 0 Å². The van der Waals surface area contributed by atoms with Crippen molar-refractivity contribution >= 4 is 5.57 Å². The summed E-state index contributed by atoms with van der Waals surface area (Å²) >= 11 is 0. The second-order valence-electron chi connectivity index (χ2n) is 15.6. The number of benzene rings is 1. The van der Waals surface area contributed by atoms with Gasteiger partial charge in [0.25, 0.3) is 0 Å². The third-order valence-electron chi connectivity index (χ3n) is 10.6. The fourth-order valence-electron chi connectivity index (χ4n) is 7.44. The first-order valence-corrected chi connectivity index (χ1v) is 18.6. The van der Waals surface area contributed by atoms with Crippen molar-refractivity contribution in [3.05, 3.63) is 100 Å². The van der Waals surface area contributed by atoms with Crippen molar-refractivity contribution in [3.63, 3.8) is 0 Å². The molecule has 256 valence electrons. The number of fused-ring (bicyclic) bond motifs is 1. The highest BCUT2D eigenvalue weighted by atomic mass is 14.5. The maximum Gasteiger partial charge on any atom is 0.00106 e. The Balaban J connectivity index is 1.87. The molecule has 0 aliphatic heterocycles. The molecule has 2 rings (SSSR count). The summed E-state index contributed by atoms with van der Waals surface area (Å²) < 4.78 is 0. The van der Waals surface area contributed by atoms with E-state index < -0.39 is 0 Å². The molecule has 0 saturated carbocycles.